The number of guanidine groups is 1. The van der Waals surface area contributed by atoms with Gasteiger partial charge in [-0.2, -0.15) is 0 Å². The molecule has 210 valence electrons. The summed E-state index contributed by atoms with van der Waals surface area (Å²) in [7, 11) is 0. The molecule has 4 atom stereocenters. The number of nitrogens with one attached hydrogen (secondary N) is 3. The minimum Gasteiger partial charge on any atom is -0.481 e. The van der Waals surface area contributed by atoms with Crippen LogP contribution in [0.15, 0.2) is 35.3 Å². The minimum atomic E-state index is -1.59. The van der Waals surface area contributed by atoms with Gasteiger partial charge in [-0.3, -0.25) is 24.2 Å². The van der Waals surface area contributed by atoms with Crippen LogP contribution in [0.1, 0.15) is 38.7 Å². The van der Waals surface area contributed by atoms with Gasteiger partial charge in [0.05, 0.1) is 12.5 Å². The summed E-state index contributed by atoms with van der Waals surface area (Å²) in [5, 5.41) is 25.9. The second kappa shape index (κ2) is 15.8. The monoisotopic (exact) mass is 535 g/mol. The van der Waals surface area contributed by atoms with Crippen molar-refractivity contribution in [3.05, 3.63) is 35.9 Å². The first-order valence-electron chi connectivity index (χ1n) is 12.0. The van der Waals surface area contributed by atoms with Gasteiger partial charge in [0, 0.05) is 13.0 Å². The predicted octanol–water partition coefficient (Wildman–Crippen LogP) is -1.72. The van der Waals surface area contributed by atoms with Crippen LogP contribution >= 0.6 is 0 Å². The summed E-state index contributed by atoms with van der Waals surface area (Å²) in [5.41, 5.74) is 17.0. The molecule has 0 aromatic heterocycles. The lowest BCUT2D eigenvalue weighted by atomic mass is 10.0. The second-order valence-electron chi connectivity index (χ2n) is 9.03. The molecule has 0 saturated heterocycles. The first kappa shape index (κ1) is 31.8. The average molecular weight is 536 g/mol. The van der Waals surface area contributed by atoms with Crippen molar-refractivity contribution in [1.82, 2.24) is 16.0 Å². The molecule has 0 aliphatic rings. The van der Waals surface area contributed by atoms with E-state index in [4.69, 9.17) is 17.2 Å². The summed E-state index contributed by atoms with van der Waals surface area (Å²) in [5.74, 6) is -5.71. The third kappa shape index (κ3) is 11.7. The molecule has 0 aliphatic heterocycles. The normalized spacial score (nSPS) is 13.9. The zero-order valence-electron chi connectivity index (χ0n) is 21.4. The Morgan fingerprint density at radius 1 is 0.895 bits per heavy atom. The molecule has 0 fully saturated rings. The van der Waals surface area contributed by atoms with E-state index in [2.05, 4.69) is 20.9 Å². The molecule has 0 heterocycles. The molecule has 0 saturated carbocycles. The van der Waals surface area contributed by atoms with Crippen molar-refractivity contribution >= 4 is 35.6 Å². The highest BCUT2D eigenvalue weighted by Crippen LogP contribution is 2.07. The third-order valence-corrected chi connectivity index (χ3v) is 5.46. The Morgan fingerprint density at radius 3 is 2.03 bits per heavy atom. The third-order valence-electron chi connectivity index (χ3n) is 5.46. The van der Waals surface area contributed by atoms with E-state index in [1.54, 1.807) is 44.2 Å². The molecule has 14 heteroatoms. The standard InChI is InChI=1S/C24H37N7O7/c1-13(2)19(31-20(34)15(25)9-6-10-28-24(26)27)22(36)29-16(12-18(32)33)21(35)30-17(23(37)38)11-14-7-4-3-5-8-14/h3-5,7-8,13,15-17,19H,6,9-12,25H2,1-2H3,(H,29,36)(H,30,35)(H,31,34)(H,32,33)(H,37,38)(H4,26,27,28). The minimum absolute atomic E-state index is 0.0542. The number of hydrogen-bond acceptors (Lipinski definition) is 7. The van der Waals surface area contributed by atoms with Crippen LogP contribution in [-0.2, 0) is 30.4 Å². The van der Waals surface area contributed by atoms with E-state index >= 15 is 0 Å². The smallest absolute Gasteiger partial charge is 0.326 e. The summed E-state index contributed by atoms with van der Waals surface area (Å²) >= 11 is 0. The number of carboxylic acid groups (broad SMARTS) is 2. The van der Waals surface area contributed by atoms with Gasteiger partial charge in [-0.1, -0.05) is 44.2 Å². The van der Waals surface area contributed by atoms with Crippen LogP contribution in [0.4, 0.5) is 0 Å². The number of aliphatic carboxylic acids is 2. The number of nitrogens with zero attached hydrogens (tertiary/aromatic N) is 1. The van der Waals surface area contributed by atoms with E-state index in [1.807, 2.05) is 0 Å². The van der Waals surface area contributed by atoms with Gasteiger partial charge in [0.15, 0.2) is 5.96 Å². The summed E-state index contributed by atoms with van der Waals surface area (Å²) in [6, 6.07) is 3.46. The quantitative estimate of drug-likeness (QED) is 0.0675. The van der Waals surface area contributed by atoms with E-state index in [0.717, 1.165) is 0 Å². The topological polar surface area (TPSA) is 252 Å². The van der Waals surface area contributed by atoms with E-state index in [1.165, 1.54) is 0 Å². The van der Waals surface area contributed by atoms with Gasteiger partial charge >= 0.3 is 11.9 Å². The number of carbonyl (C=O) groups is 5. The Morgan fingerprint density at radius 2 is 1.50 bits per heavy atom. The first-order chi connectivity index (χ1) is 17.8. The second-order valence-corrected chi connectivity index (χ2v) is 9.03. The fourth-order valence-corrected chi connectivity index (χ4v) is 3.41. The summed E-state index contributed by atoms with van der Waals surface area (Å²) in [6.07, 6.45) is -0.212. The summed E-state index contributed by atoms with van der Waals surface area (Å²) < 4.78 is 0. The van der Waals surface area contributed by atoms with Crippen molar-refractivity contribution in [1.29, 1.82) is 0 Å². The molecule has 11 N–H and O–H groups in total. The largest absolute Gasteiger partial charge is 0.481 e. The van der Waals surface area contributed by atoms with Crippen LogP contribution in [0.2, 0.25) is 0 Å². The number of benzene rings is 1. The number of amides is 3. The van der Waals surface area contributed by atoms with Crippen LogP contribution in [0.5, 0.6) is 0 Å². The van der Waals surface area contributed by atoms with Gasteiger partial charge < -0.3 is 43.4 Å². The number of carboxylic acids is 2. The lowest BCUT2D eigenvalue weighted by Crippen LogP contribution is -2.58. The van der Waals surface area contributed by atoms with Gasteiger partial charge in [-0.25, -0.2) is 4.79 Å². The number of hydrogen-bond donors (Lipinski definition) is 8. The van der Waals surface area contributed by atoms with Crippen LogP contribution < -0.4 is 33.2 Å². The van der Waals surface area contributed by atoms with E-state index < -0.39 is 66.2 Å². The Labute approximate surface area is 220 Å². The molecule has 0 spiro atoms. The predicted molar refractivity (Wildman–Crippen MR) is 139 cm³/mol. The van der Waals surface area contributed by atoms with Crippen molar-refractivity contribution in [3.8, 4) is 0 Å². The SMILES string of the molecule is CC(C)C(NC(=O)C(N)CCCN=C(N)N)C(=O)NC(CC(=O)O)C(=O)NC(Cc1ccccc1)C(=O)O. The van der Waals surface area contributed by atoms with E-state index in [0.29, 0.717) is 12.0 Å². The molecule has 1 rings (SSSR count). The Bertz CT molecular complexity index is 997. The highest BCUT2D eigenvalue weighted by molar-refractivity contribution is 5.95. The molecule has 14 nitrogen and oxygen atoms in total. The first-order valence-corrected chi connectivity index (χ1v) is 12.0. The molecule has 4 unspecified atom stereocenters. The molecule has 0 radical (unpaired) electrons. The molecule has 1 aromatic rings. The molecular formula is C24H37N7O7. The molecule has 0 aliphatic carbocycles. The fourth-order valence-electron chi connectivity index (χ4n) is 3.41. The van der Waals surface area contributed by atoms with Gasteiger partial charge in [-0.15, -0.1) is 0 Å². The Balaban J connectivity index is 2.90. The Kier molecular flexibility index (Phi) is 13.2. The van der Waals surface area contributed by atoms with Crippen LogP contribution in [0.25, 0.3) is 0 Å². The zero-order chi connectivity index (χ0) is 28.8. The average Bonchev–Trinajstić information content (AvgIpc) is 2.83. The van der Waals surface area contributed by atoms with Crippen molar-refractivity contribution in [2.24, 2.45) is 28.1 Å². The van der Waals surface area contributed by atoms with Crippen LogP contribution in [0, 0.1) is 5.92 Å². The van der Waals surface area contributed by atoms with Crippen molar-refractivity contribution in [2.45, 2.75) is 63.7 Å². The number of aliphatic imine (C=N–C) groups is 1. The van der Waals surface area contributed by atoms with Crippen molar-refractivity contribution in [2.75, 3.05) is 6.54 Å². The van der Waals surface area contributed by atoms with Gasteiger partial charge in [-0.05, 0) is 24.3 Å². The van der Waals surface area contributed by atoms with Crippen molar-refractivity contribution in [3.63, 3.8) is 0 Å². The lowest BCUT2D eigenvalue weighted by Gasteiger charge is -2.26. The van der Waals surface area contributed by atoms with Crippen molar-refractivity contribution < 1.29 is 34.2 Å². The van der Waals surface area contributed by atoms with E-state index in [9.17, 15) is 34.2 Å². The van der Waals surface area contributed by atoms with Gasteiger partial charge in [0.1, 0.15) is 18.1 Å². The number of rotatable bonds is 16. The summed E-state index contributed by atoms with van der Waals surface area (Å²) in [4.78, 5) is 65.3. The maximum absolute atomic E-state index is 13.0. The molecule has 38 heavy (non-hydrogen) atoms. The highest BCUT2D eigenvalue weighted by atomic mass is 16.4. The van der Waals surface area contributed by atoms with E-state index in [-0.39, 0.29) is 25.3 Å². The Hall–Kier alpha value is -4.20. The highest BCUT2D eigenvalue weighted by Gasteiger charge is 2.32. The number of nitrogens with two attached hydrogens (primary N) is 3. The number of carbonyl (C=O) groups excluding carboxylic acids is 3. The molecule has 1 aromatic carbocycles. The fraction of sp³-hybridized carbons (Fsp3) is 0.500. The van der Waals surface area contributed by atoms with Gasteiger partial charge in [0.25, 0.3) is 0 Å². The van der Waals surface area contributed by atoms with Crippen LogP contribution in [-0.4, -0.2) is 76.5 Å². The van der Waals surface area contributed by atoms with Crippen LogP contribution in [0.3, 0.4) is 0 Å². The lowest BCUT2D eigenvalue weighted by molar-refractivity contribution is -0.143. The summed E-state index contributed by atoms with van der Waals surface area (Å²) in [6.45, 7) is 3.55. The maximum atomic E-state index is 13.0. The molecular weight excluding hydrogens is 498 g/mol. The maximum Gasteiger partial charge on any atom is 0.326 e. The molecule has 0 bridgehead atoms. The zero-order valence-corrected chi connectivity index (χ0v) is 21.4. The van der Waals surface area contributed by atoms with Gasteiger partial charge in [0.2, 0.25) is 17.7 Å². The molecule has 3 amide bonds.